The van der Waals surface area contributed by atoms with Gasteiger partial charge in [0.1, 0.15) is 5.75 Å². The third-order valence-electron chi connectivity index (χ3n) is 5.82. The van der Waals surface area contributed by atoms with Crippen LogP contribution in [0.25, 0.3) is 5.52 Å². The smallest absolute Gasteiger partial charge is 0.319 e. The van der Waals surface area contributed by atoms with Crippen molar-refractivity contribution in [3.05, 3.63) is 66.0 Å². The highest BCUT2D eigenvalue weighted by Crippen LogP contribution is 2.36. The van der Waals surface area contributed by atoms with Crippen LogP contribution in [0.4, 0.5) is 5.69 Å². The number of ether oxygens (including phenoxy) is 1. The Bertz CT molecular complexity index is 998. The van der Waals surface area contributed by atoms with E-state index < -0.39 is 0 Å². The van der Waals surface area contributed by atoms with Gasteiger partial charge in [-0.3, -0.25) is 4.79 Å². The summed E-state index contributed by atoms with van der Waals surface area (Å²) in [7, 11) is 0. The predicted molar refractivity (Wildman–Crippen MR) is 110 cm³/mol. The number of carbonyl (C=O) groups excluding carboxylic acids is 1. The lowest BCUT2D eigenvalue weighted by Crippen LogP contribution is -2.54. The normalized spacial score (nSPS) is 24.9. The van der Waals surface area contributed by atoms with E-state index in [2.05, 4.69) is 42.3 Å². The van der Waals surface area contributed by atoms with Crippen LogP contribution in [0, 0.1) is 0 Å². The molecule has 2 aliphatic rings. The summed E-state index contributed by atoms with van der Waals surface area (Å²) in [4.78, 5) is 15.1. The number of carbonyl (C=O) groups is 1. The molecular weight excluding hydrogens is 350 g/mol. The van der Waals surface area contributed by atoms with Crippen molar-refractivity contribution in [1.29, 1.82) is 0 Å². The first kappa shape index (κ1) is 17.3. The van der Waals surface area contributed by atoms with Crippen molar-refractivity contribution in [2.24, 2.45) is 0 Å². The Kier molecular flexibility index (Phi) is 4.13. The second-order valence-corrected chi connectivity index (χ2v) is 8.15. The molecule has 0 aliphatic carbocycles. The first-order valence-corrected chi connectivity index (χ1v) is 9.99. The molecule has 28 heavy (non-hydrogen) atoms. The zero-order valence-electron chi connectivity index (χ0n) is 16.3. The van der Waals surface area contributed by atoms with E-state index >= 15 is 0 Å². The molecule has 3 atom stereocenters. The summed E-state index contributed by atoms with van der Waals surface area (Å²) >= 11 is 0. The molecule has 1 unspecified atom stereocenters. The second-order valence-electron chi connectivity index (χ2n) is 8.15. The molecule has 1 aromatic carbocycles. The summed E-state index contributed by atoms with van der Waals surface area (Å²) in [5, 5.41) is 3.55. The Morgan fingerprint density at radius 2 is 1.89 bits per heavy atom. The number of nitrogens with zero attached hydrogens (tertiary/aromatic N) is 2. The number of fused-ring (bicyclic) bond motifs is 2. The zero-order valence-corrected chi connectivity index (χ0v) is 16.3. The molecular formula is C23H25N3O2. The molecule has 2 aliphatic heterocycles. The largest absolute Gasteiger partial charge is 0.426 e. The van der Waals surface area contributed by atoms with Gasteiger partial charge in [-0.05, 0) is 55.7 Å². The average Bonchev–Trinajstić information content (AvgIpc) is 3.10. The molecule has 2 aromatic heterocycles. The van der Waals surface area contributed by atoms with Gasteiger partial charge in [0.05, 0.1) is 5.92 Å². The standard InChI is InChI=1S/C23H25N3O2/c1-15-12-26(13-16(2)24-15)20-7-6-17-10-21(23(27)28-22(17)11-20)18-9-19-5-3-4-8-25(19)14-18/h3-9,11,14-16,21,24H,10,12-13H2,1-2H3/t15-,16+,21?. The summed E-state index contributed by atoms with van der Waals surface area (Å²) in [5.74, 6) is 0.293. The summed E-state index contributed by atoms with van der Waals surface area (Å²) in [5.41, 5.74) is 4.32. The minimum atomic E-state index is -0.252. The fraction of sp³-hybridized carbons (Fsp3) is 0.348. The maximum Gasteiger partial charge on any atom is 0.319 e. The van der Waals surface area contributed by atoms with Gasteiger partial charge in [0.15, 0.2) is 0 Å². The van der Waals surface area contributed by atoms with Crippen LogP contribution in [0.1, 0.15) is 30.9 Å². The lowest BCUT2D eigenvalue weighted by atomic mass is 9.91. The van der Waals surface area contributed by atoms with Gasteiger partial charge in [-0.2, -0.15) is 0 Å². The second kappa shape index (κ2) is 6.67. The molecule has 4 heterocycles. The molecule has 1 saturated heterocycles. The molecule has 0 amide bonds. The summed E-state index contributed by atoms with van der Waals surface area (Å²) in [6.45, 7) is 6.31. The third kappa shape index (κ3) is 3.06. The number of benzene rings is 1. The molecule has 0 spiro atoms. The highest BCUT2D eigenvalue weighted by atomic mass is 16.5. The van der Waals surface area contributed by atoms with Gasteiger partial charge >= 0.3 is 5.97 Å². The molecule has 1 fully saturated rings. The number of piperazine rings is 1. The highest BCUT2D eigenvalue weighted by molar-refractivity contribution is 5.84. The number of aromatic nitrogens is 1. The maximum absolute atomic E-state index is 12.8. The van der Waals surface area contributed by atoms with Crippen LogP contribution in [-0.4, -0.2) is 35.5 Å². The average molecular weight is 375 g/mol. The number of pyridine rings is 1. The SMILES string of the molecule is C[C@@H]1CN(c2ccc3c(c2)OC(=O)C(c2cc4ccccn4c2)C3)C[C@H](C)N1. The molecule has 0 bridgehead atoms. The Morgan fingerprint density at radius 3 is 2.68 bits per heavy atom. The van der Waals surface area contributed by atoms with Crippen LogP contribution in [0.15, 0.2) is 54.9 Å². The lowest BCUT2D eigenvalue weighted by molar-refractivity contribution is -0.137. The number of esters is 1. The predicted octanol–water partition coefficient (Wildman–Crippen LogP) is 3.37. The minimum absolute atomic E-state index is 0.164. The van der Waals surface area contributed by atoms with E-state index in [4.69, 9.17) is 4.74 Å². The first-order valence-electron chi connectivity index (χ1n) is 9.99. The quantitative estimate of drug-likeness (QED) is 0.551. The van der Waals surface area contributed by atoms with Gasteiger partial charge in [-0.1, -0.05) is 12.1 Å². The van der Waals surface area contributed by atoms with Crippen LogP contribution < -0.4 is 15.0 Å². The Hall–Kier alpha value is -2.79. The van der Waals surface area contributed by atoms with Gasteiger partial charge < -0.3 is 19.4 Å². The van der Waals surface area contributed by atoms with Crippen molar-refractivity contribution in [2.75, 3.05) is 18.0 Å². The van der Waals surface area contributed by atoms with E-state index in [0.717, 1.165) is 35.4 Å². The van der Waals surface area contributed by atoms with Gasteiger partial charge in [0, 0.05) is 54.8 Å². The van der Waals surface area contributed by atoms with Gasteiger partial charge in [-0.15, -0.1) is 0 Å². The monoisotopic (exact) mass is 375 g/mol. The molecule has 5 nitrogen and oxygen atoms in total. The number of anilines is 1. The number of rotatable bonds is 2. The maximum atomic E-state index is 12.8. The van der Waals surface area contributed by atoms with Crippen LogP contribution in [0.3, 0.4) is 0 Å². The van der Waals surface area contributed by atoms with Crippen molar-refractivity contribution >= 4 is 17.2 Å². The van der Waals surface area contributed by atoms with Crippen molar-refractivity contribution in [1.82, 2.24) is 9.72 Å². The lowest BCUT2D eigenvalue weighted by Gasteiger charge is -2.38. The molecule has 5 rings (SSSR count). The summed E-state index contributed by atoms with van der Waals surface area (Å²) in [6, 6.07) is 15.3. The van der Waals surface area contributed by atoms with E-state index in [0.29, 0.717) is 24.3 Å². The first-order chi connectivity index (χ1) is 13.6. The molecule has 0 radical (unpaired) electrons. The summed E-state index contributed by atoms with van der Waals surface area (Å²) in [6.07, 6.45) is 4.71. The molecule has 0 saturated carbocycles. The van der Waals surface area contributed by atoms with E-state index in [9.17, 15) is 4.79 Å². The molecule has 5 heteroatoms. The Morgan fingerprint density at radius 1 is 1.07 bits per heavy atom. The van der Waals surface area contributed by atoms with Crippen molar-refractivity contribution in [2.45, 2.75) is 38.3 Å². The van der Waals surface area contributed by atoms with E-state index in [1.54, 1.807) is 0 Å². The van der Waals surface area contributed by atoms with E-state index in [1.165, 1.54) is 0 Å². The molecule has 144 valence electrons. The fourth-order valence-corrected chi connectivity index (χ4v) is 4.55. The molecule has 1 N–H and O–H groups in total. The van der Waals surface area contributed by atoms with Crippen LogP contribution in [-0.2, 0) is 11.2 Å². The van der Waals surface area contributed by atoms with Crippen molar-refractivity contribution in [3.63, 3.8) is 0 Å². The van der Waals surface area contributed by atoms with Crippen LogP contribution in [0.5, 0.6) is 5.75 Å². The topological polar surface area (TPSA) is 46.0 Å². The van der Waals surface area contributed by atoms with Crippen molar-refractivity contribution in [3.8, 4) is 5.75 Å². The Balaban J connectivity index is 1.42. The van der Waals surface area contributed by atoms with Gasteiger partial charge in [0.25, 0.3) is 0 Å². The van der Waals surface area contributed by atoms with Crippen LogP contribution in [0.2, 0.25) is 0 Å². The number of hydrogen-bond donors (Lipinski definition) is 1. The fourth-order valence-electron chi connectivity index (χ4n) is 4.55. The third-order valence-corrected chi connectivity index (χ3v) is 5.82. The van der Waals surface area contributed by atoms with Crippen molar-refractivity contribution < 1.29 is 9.53 Å². The highest BCUT2D eigenvalue weighted by Gasteiger charge is 2.31. The van der Waals surface area contributed by atoms with Gasteiger partial charge in [0.2, 0.25) is 0 Å². The summed E-state index contributed by atoms with van der Waals surface area (Å²) < 4.78 is 7.84. The Labute approximate surface area is 164 Å². The minimum Gasteiger partial charge on any atom is -0.426 e. The number of hydrogen-bond acceptors (Lipinski definition) is 4. The van der Waals surface area contributed by atoms with Crippen LogP contribution >= 0.6 is 0 Å². The van der Waals surface area contributed by atoms with E-state index in [1.807, 2.05) is 41.1 Å². The number of nitrogens with one attached hydrogen (secondary N) is 1. The zero-order chi connectivity index (χ0) is 19.3. The van der Waals surface area contributed by atoms with Gasteiger partial charge in [-0.25, -0.2) is 0 Å². The van der Waals surface area contributed by atoms with E-state index in [-0.39, 0.29) is 11.9 Å². The molecule has 3 aromatic rings.